The fourth-order valence-electron chi connectivity index (χ4n) is 2.56. The number of methoxy groups -OCH3 is 1. The molecule has 0 aliphatic carbocycles. The van der Waals surface area contributed by atoms with Crippen LogP contribution in [0.3, 0.4) is 0 Å². The molecule has 0 aromatic carbocycles. The van der Waals surface area contributed by atoms with Crippen molar-refractivity contribution in [2.75, 3.05) is 20.2 Å². The summed E-state index contributed by atoms with van der Waals surface area (Å²) in [5.41, 5.74) is 0. The summed E-state index contributed by atoms with van der Waals surface area (Å²) in [4.78, 5) is 24.5. The highest BCUT2D eigenvalue weighted by atomic mass is 16.5. The van der Waals surface area contributed by atoms with Gasteiger partial charge in [0.25, 0.3) is 0 Å². The normalized spacial score (nSPS) is 36.0. The van der Waals surface area contributed by atoms with Crippen molar-refractivity contribution in [1.82, 2.24) is 10.2 Å². The van der Waals surface area contributed by atoms with Crippen molar-refractivity contribution < 1.29 is 24.5 Å². The third kappa shape index (κ3) is 2.47. The Morgan fingerprint density at radius 3 is 2.67 bits per heavy atom. The Kier molecular flexibility index (Phi) is 3.84. The number of β-amino-alcohol motifs (C(OH)–C–C–N with tert-alkyl or cyclic N) is 1. The minimum absolute atomic E-state index is 0.0187. The van der Waals surface area contributed by atoms with Gasteiger partial charge in [0, 0.05) is 26.6 Å². The molecule has 0 aromatic heterocycles. The van der Waals surface area contributed by atoms with Crippen LogP contribution in [0.2, 0.25) is 0 Å². The summed E-state index contributed by atoms with van der Waals surface area (Å²) in [7, 11) is 1.58. The van der Waals surface area contributed by atoms with Gasteiger partial charge in [-0.25, -0.2) is 4.79 Å². The van der Waals surface area contributed by atoms with Crippen LogP contribution in [0.1, 0.15) is 12.8 Å². The standard InChI is InChI=1S/C11H18N2O5/c1-18-7-3-8(12-4-7)10(15)13-5-6(14)2-9(13)11(16)17/h6-9,12,14H,2-5H2,1H3,(H,16,17). The van der Waals surface area contributed by atoms with Gasteiger partial charge in [-0.1, -0.05) is 0 Å². The number of nitrogens with zero attached hydrogens (tertiary/aromatic N) is 1. The molecule has 1 amide bonds. The number of nitrogens with one attached hydrogen (secondary N) is 1. The quantitative estimate of drug-likeness (QED) is 0.564. The topological polar surface area (TPSA) is 99.1 Å². The number of aliphatic carboxylic acids is 1. The van der Waals surface area contributed by atoms with Crippen LogP contribution in [0.4, 0.5) is 0 Å². The van der Waals surface area contributed by atoms with Crippen molar-refractivity contribution in [2.24, 2.45) is 0 Å². The van der Waals surface area contributed by atoms with E-state index in [9.17, 15) is 14.7 Å². The average Bonchev–Trinajstić information content (AvgIpc) is 2.94. The molecule has 0 saturated carbocycles. The fraction of sp³-hybridized carbons (Fsp3) is 0.818. The first-order valence-electron chi connectivity index (χ1n) is 6.00. The number of carbonyl (C=O) groups excluding carboxylic acids is 1. The van der Waals surface area contributed by atoms with E-state index in [0.717, 1.165) is 0 Å². The molecule has 2 rings (SSSR count). The van der Waals surface area contributed by atoms with E-state index >= 15 is 0 Å². The van der Waals surface area contributed by atoms with E-state index in [-0.39, 0.29) is 25.0 Å². The Balaban J connectivity index is 2.02. The van der Waals surface area contributed by atoms with Gasteiger partial charge in [0.1, 0.15) is 6.04 Å². The molecule has 0 bridgehead atoms. The van der Waals surface area contributed by atoms with E-state index in [1.165, 1.54) is 4.90 Å². The molecule has 2 aliphatic heterocycles. The molecule has 7 heteroatoms. The van der Waals surface area contributed by atoms with Crippen LogP contribution in [-0.4, -0.2) is 71.5 Å². The van der Waals surface area contributed by atoms with E-state index in [1.807, 2.05) is 0 Å². The molecular formula is C11H18N2O5. The minimum atomic E-state index is -1.07. The summed E-state index contributed by atoms with van der Waals surface area (Å²) in [6.07, 6.45) is -0.139. The smallest absolute Gasteiger partial charge is 0.326 e. The maximum Gasteiger partial charge on any atom is 0.326 e. The van der Waals surface area contributed by atoms with Gasteiger partial charge >= 0.3 is 5.97 Å². The molecule has 2 aliphatic rings. The monoisotopic (exact) mass is 258 g/mol. The number of carboxylic acids is 1. The molecule has 102 valence electrons. The predicted molar refractivity (Wildman–Crippen MR) is 61.0 cm³/mol. The van der Waals surface area contributed by atoms with E-state index in [0.29, 0.717) is 13.0 Å². The summed E-state index contributed by atoms with van der Waals surface area (Å²) >= 11 is 0. The van der Waals surface area contributed by atoms with Crippen molar-refractivity contribution in [3.8, 4) is 0 Å². The number of ether oxygens (including phenoxy) is 1. The summed E-state index contributed by atoms with van der Waals surface area (Å²) in [5.74, 6) is -1.33. The van der Waals surface area contributed by atoms with Gasteiger partial charge in [0.2, 0.25) is 5.91 Å². The molecule has 0 radical (unpaired) electrons. The predicted octanol–water partition coefficient (Wildman–Crippen LogP) is -1.59. The second-order valence-corrected chi connectivity index (χ2v) is 4.79. The van der Waals surface area contributed by atoms with Crippen molar-refractivity contribution in [2.45, 2.75) is 37.1 Å². The number of carboxylic acid groups (broad SMARTS) is 1. The lowest BCUT2D eigenvalue weighted by Gasteiger charge is -2.24. The highest BCUT2D eigenvalue weighted by Crippen LogP contribution is 2.21. The van der Waals surface area contributed by atoms with E-state index < -0.39 is 24.2 Å². The van der Waals surface area contributed by atoms with Gasteiger partial charge in [0.15, 0.2) is 0 Å². The Morgan fingerprint density at radius 1 is 1.39 bits per heavy atom. The van der Waals surface area contributed by atoms with Crippen LogP contribution < -0.4 is 5.32 Å². The molecule has 2 heterocycles. The number of aliphatic hydroxyl groups is 1. The maximum atomic E-state index is 12.2. The largest absolute Gasteiger partial charge is 0.480 e. The Bertz CT molecular complexity index is 348. The Hall–Kier alpha value is -1.18. The number of hydrogen-bond acceptors (Lipinski definition) is 5. The second kappa shape index (κ2) is 5.21. The second-order valence-electron chi connectivity index (χ2n) is 4.79. The number of carbonyl (C=O) groups is 2. The van der Waals surface area contributed by atoms with Crippen molar-refractivity contribution >= 4 is 11.9 Å². The summed E-state index contributed by atoms with van der Waals surface area (Å²) in [6, 6.07) is -1.34. The SMILES string of the molecule is COC1CNC(C(=O)N2CC(O)CC2C(=O)O)C1. The van der Waals surface area contributed by atoms with E-state index in [2.05, 4.69) is 5.32 Å². The van der Waals surface area contributed by atoms with Crippen LogP contribution in [0.15, 0.2) is 0 Å². The van der Waals surface area contributed by atoms with Crippen LogP contribution in [0.5, 0.6) is 0 Å². The maximum absolute atomic E-state index is 12.2. The van der Waals surface area contributed by atoms with Crippen LogP contribution >= 0.6 is 0 Å². The Morgan fingerprint density at radius 2 is 2.11 bits per heavy atom. The first kappa shape index (κ1) is 13.3. The fourth-order valence-corrected chi connectivity index (χ4v) is 2.56. The zero-order valence-electron chi connectivity index (χ0n) is 10.2. The molecule has 3 N–H and O–H groups in total. The molecule has 18 heavy (non-hydrogen) atoms. The lowest BCUT2D eigenvalue weighted by atomic mass is 10.1. The zero-order chi connectivity index (χ0) is 13.3. The first-order valence-corrected chi connectivity index (χ1v) is 6.00. The third-order valence-corrected chi connectivity index (χ3v) is 3.57. The lowest BCUT2D eigenvalue weighted by molar-refractivity contribution is -0.148. The van der Waals surface area contributed by atoms with Crippen LogP contribution in [-0.2, 0) is 14.3 Å². The van der Waals surface area contributed by atoms with Gasteiger partial charge in [0.05, 0.1) is 18.2 Å². The summed E-state index contributed by atoms with van der Waals surface area (Å²) in [5, 5.41) is 21.6. The molecule has 2 fully saturated rings. The van der Waals surface area contributed by atoms with Crippen molar-refractivity contribution in [1.29, 1.82) is 0 Å². The lowest BCUT2D eigenvalue weighted by Crippen LogP contribution is -2.48. The van der Waals surface area contributed by atoms with Crippen LogP contribution in [0, 0.1) is 0 Å². The number of rotatable bonds is 3. The number of amides is 1. The zero-order valence-corrected chi connectivity index (χ0v) is 10.2. The third-order valence-electron chi connectivity index (χ3n) is 3.57. The molecule has 0 spiro atoms. The molecule has 4 atom stereocenters. The summed E-state index contributed by atoms with van der Waals surface area (Å²) in [6.45, 7) is 0.673. The molecule has 4 unspecified atom stereocenters. The average molecular weight is 258 g/mol. The van der Waals surface area contributed by atoms with Gasteiger partial charge in [-0.05, 0) is 6.42 Å². The number of likely N-dealkylation sites (tertiary alicyclic amines) is 1. The molecule has 2 saturated heterocycles. The van der Waals surface area contributed by atoms with Crippen molar-refractivity contribution in [3.63, 3.8) is 0 Å². The van der Waals surface area contributed by atoms with Gasteiger partial charge in [-0.3, -0.25) is 4.79 Å². The highest BCUT2D eigenvalue weighted by molar-refractivity contribution is 5.88. The van der Waals surface area contributed by atoms with Crippen molar-refractivity contribution in [3.05, 3.63) is 0 Å². The molecular weight excluding hydrogens is 240 g/mol. The van der Waals surface area contributed by atoms with E-state index in [1.54, 1.807) is 7.11 Å². The highest BCUT2D eigenvalue weighted by Gasteiger charge is 2.42. The molecule has 7 nitrogen and oxygen atoms in total. The minimum Gasteiger partial charge on any atom is -0.480 e. The molecule has 0 aromatic rings. The summed E-state index contributed by atoms with van der Waals surface area (Å²) < 4.78 is 5.15. The van der Waals surface area contributed by atoms with Gasteiger partial charge in [-0.2, -0.15) is 0 Å². The van der Waals surface area contributed by atoms with Gasteiger partial charge in [-0.15, -0.1) is 0 Å². The number of hydrogen-bond donors (Lipinski definition) is 3. The Labute approximate surface area is 105 Å². The van der Waals surface area contributed by atoms with E-state index in [4.69, 9.17) is 9.84 Å². The van der Waals surface area contributed by atoms with Crippen LogP contribution in [0.25, 0.3) is 0 Å². The van der Waals surface area contributed by atoms with Gasteiger partial charge < -0.3 is 25.2 Å². The number of aliphatic hydroxyl groups excluding tert-OH is 1. The first-order chi connectivity index (χ1) is 8.52.